The van der Waals surface area contributed by atoms with E-state index in [0.29, 0.717) is 22.1 Å². The summed E-state index contributed by atoms with van der Waals surface area (Å²) in [5.74, 6) is -5.40. The third-order valence-corrected chi connectivity index (χ3v) is 7.56. The minimum Gasteiger partial charge on any atom is -0.344 e. The van der Waals surface area contributed by atoms with E-state index in [4.69, 9.17) is 11.6 Å². The normalized spacial score (nSPS) is 16.2. The van der Waals surface area contributed by atoms with Crippen molar-refractivity contribution in [3.8, 4) is 22.5 Å². The smallest absolute Gasteiger partial charge is 0.260 e. The van der Waals surface area contributed by atoms with Gasteiger partial charge in [0.05, 0.1) is 0 Å². The van der Waals surface area contributed by atoms with Gasteiger partial charge in [-0.05, 0) is 73.0 Å². The highest BCUT2D eigenvalue weighted by Gasteiger charge is 2.61. The van der Waals surface area contributed by atoms with Crippen LogP contribution in [0.3, 0.4) is 0 Å². The predicted molar refractivity (Wildman–Crippen MR) is 155 cm³/mol. The van der Waals surface area contributed by atoms with E-state index in [0.717, 1.165) is 16.7 Å². The first kappa shape index (κ1) is 29.1. The molecule has 2 heterocycles. The number of hydrogen-bond acceptors (Lipinski definition) is 5. The minimum absolute atomic E-state index is 0.0522. The molecule has 0 unspecified atom stereocenters. The molecule has 218 valence electrons. The van der Waals surface area contributed by atoms with Crippen molar-refractivity contribution in [1.29, 1.82) is 0 Å². The van der Waals surface area contributed by atoms with Crippen LogP contribution in [0.1, 0.15) is 31.9 Å². The number of anilines is 1. The van der Waals surface area contributed by atoms with Gasteiger partial charge in [-0.2, -0.15) is 0 Å². The van der Waals surface area contributed by atoms with Crippen molar-refractivity contribution in [1.82, 2.24) is 24.6 Å². The largest absolute Gasteiger partial charge is 0.344 e. The maximum Gasteiger partial charge on any atom is 0.260 e. The quantitative estimate of drug-likeness (QED) is 0.287. The Kier molecular flexibility index (Phi) is 7.96. The number of benzene rings is 2. The lowest BCUT2D eigenvalue weighted by atomic mass is 9.99. The third kappa shape index (κ3) is 6.25. The van der Waals surface area contributed by atoms with Crippen molar-refractivity contribution in [2.45, 2.75) is 44.7 Å². The Labute approximate surface area is 245 Å². The van der Waals surface area contributed by atoms with Gasteiger partial charge in [0, 0.05) is 54.5 Å². The molecule has 1 aliphatic carbocycles. The Morgan fingerprint density at radius 3 is 2.36 bits per heavy atom. The van der Waals surface area contributed by atoms with Crippen LogP contribution in [0.4, 0.5) is 14.5 Å². The Bertz CT molecular complexity index is 1700. The molecule has 2 aromatic carbocycles. The first-order chi connectivity index (χ1) is 19.9. The number of nitrogens with one attached hydrogen (secondary N) is 2. The van der Waals surface area contributed by atoms with Crippen LogP contribution < -0.4 is 16.2 Å². The first-order valence-electron chi connectivity index (χ1n) is 13.4. The standard InChI is InChI=1S/C30H29ClF2N6O3/c1-17(2)39-15-20(7-11-26(39)40)19-6-10-24(31)21(12-19)13-25(36-28(41)23-14-30(23,32)33)29(42)35-22-8-4-18(5-9-22)27-37-34-16-38(27)3/h4-12,15-17,23,25H,13-14H2,1-3H3,(H,35,42)(H,36,41)/t23-,25-/m0/s1. The van der Waals surface area contributed by atoms with E-state index in [2.05, 4.69) is 20.8 Å². The highest BCUT2D eigenvalue weighted by molar-refractivity contribution is 6.31. The third-order valence-electron chi connectivity index (χ3n) is 7.20. The number of carbonyl (C=O) groups excluding carboxylic acids is 2. The SMILES string of the molecule is CC(C)n1cc(-c2ccc(Cl)c(C[C@H](NC(=O)[C@@H]3CC3(F)F)C(=O)Nc3ccc(-c4nncn4C)cc3)c2)ccc1=O. The molecule has 1 fully saturated rings. The predicted octanol–water partition coefficient (Wildman–Crippen LogP) is 4.87. The molecule has 2 N–H and O–H groups in total. The van der Waals surface area contributed by atoms with Gasteiger partial charge in [-0.1, -0.05) is 17.7 Å². The van der Waals surface area contributed by atoms with E-state index in [1.807, 2.05) is 20.9 Å². The maximum atomic E-state index is 13.7. The summed E-state index contributed by atoms with van der Waals surface area (Å²) in [5, 5.41) is 13.5. The summed E-state index contributed by atoms with van der Waals surface area (Å²) in [5.41, 5.74) is 3.11. The lowest BCUT2D eigenvalue weighted by Crippen LogP contribution is -2.46. The zero-order chi connectivity index (χ0) is 30.2. The summed E-state index contributed by atoms with van der Waals surface area (Å²) >= 11 is 6.50. The Morgan fingerprint density at radius 1 is 1.07 bits per heavy atom. The second kappa shape index (κ2) is 11.5. The molecule has 0 radical (unpaired) electrons. The molecule has 0 saturated heterocycles. The van der Waals surface area contributed by atoms with Gasteiger partial charge in [0.25, 0.3) is 11.5 Å². The van der Waals surface area contributed by atoms with Crippen LogP contribution in [0.15, 0.2) is 71.9 Å². The van der Waals surface area contributed by atoms with Gasteiger partial charge in [-0.25, -0.2) is 8.78 Å². The average Bonchev–Trinajstić information content (AvgIpc) is 3.38. The number of hydrogen-bond donors (Lipinski definition) is 2. The van der Waals surface area contributed by atoms with Gasteiger partial charge < -0.3 is 19.8 Å². The fraction of sp³-hybridized carbons (Fsp3) is 0.300. The fourth-order valence-electron chi connectivity index (χ4n) is 4.66. The molecular formula is C30H29ClF2N6O3. The van der Waals surface area contributed by atoms with Gasteiger partial charge in [-0.3, -0.25) is 14.4 Å². The molecule has 42 heavy (non-hydrogen) atoms. The Morgan fingerprint density at radius 2 is 1.74 bits per heavy atom. The van der Waals surface area contributed by atoms with Gasteiger partial charge in [0.1, 0.15) is 18.3 Å². The highest BCUT2D eigenvalue weighted by atomic mass is 35.5. The molecule has 9 nitrogen and oxygen atoms in total. The number of aromatic nitrogens is 4. The Balaban J connectivity index is 1.40. The molecule has 2 atom stereocenters. The first-order valence-corrected chi connectivity index (χ1v) is 13.7. The fourth-order valence-corrected chi connectivity index (χ4v) is 4.86. The van der Waals surface area contributed by atoms with Crippen LogP contribution in [0.5, 0.6) is 0 Å². The summed E-state index contributed by atoms with van der Waals surface area (Å²) in [4.78, 5) is 38.3. The molecule has 12 heteroatoms. The van der Waals surface area contributed by atoms with Crippen molar-refractivity contribution in [3.05, 3.63) is 88.1 Å². The van der Waals surface area contributed by atoms with E-state index in [9.17, 15) is 23.2 Å². The minimum atomic E-state index is -3.09. The number of aryl methyl sites for hydroxylation is 1. The van der Waals surface area contributed by atoms with E-state index >= 15 is 0 Å². The zero-order valence-corrected chi connectivity index (χ0v) is 23.9. The van der Waals surface area contributed by atoms with Gasteiger partial charge in [0.2, 0.25) is 11.8 Å². The van der Waals surface area contributed by atoms with Gasteiger partial charge in [-0.15, -0.1) is 10.2 Å². The second-order valence-electron chi connectivity index (χ2n) is 10.7. The molecule has 1 aliphatic rings. The number of carbonyl (C=O) groups is 2. The molecule has 0 bridgehead atoms. The van der Waals surface area contributed by atoms with Crippen molar-refractivity contribution in [2.24, 2.45) is 13.0 Å². The van der Waals surface area contributed by atoms with Gasteiger partial charge in [0.15, 0.2) is 5.82 Å². The number of pyridine rings is 1. The summed E-state index contributed by atoms with van der Waals surface area (Å²) in [6.45, 7) is 3.80. The number of nitrogens with zero attached hydrogens (tertiary/aromatic N) is 4. The summed E-state index contributed by atoms with van der Waals surface area (Å²) in [6.07, 6.45) is 2.70. The van der Waals surface area contributed by atoms with Crippen molar-refractivity contribution in [2.75, 3.05) is 5.32 Å². The molecular weight excluding hydrogens is 566 g/mol. The van der Waals surface area contributed by atoms with Crippen molar-refractivity contribution in [3.63, 3.8) is 0 Å². The van der Waals surface area contributed by atoms with Crippen molar-refractivity contribution < 1.29 is 18.4 Å². The Hall–Kier alpha value is -4.38. The zero-order valence-electron chi connectivity index (χ0n) is 23.1. The van der Waals surface area contributed by atoms with Crippen LogP contribution in [-0.2, 0) is 23.1 Å². The van der Waals surface area contributed by atoms with E-state index in [-0.39, 0.29) is 18.0 Å². The van der Waals surface area contributed by atoms with E-state index in [1.54, 1.807) is 70.2 Å². The van der Waals surface area contributed by atoms with Crippen LogP contribution in [-0.4, -0.2) is 43.1 Å². The molecule has 2 amide bonds. The highest BCUT2D eigenvalue weighted by Crippen LogP contribution is 2.48. The lowest BCUT2D eigenvalue weighted by molar-refractivity contribution is -0.128. The average molecular weight is 595 g/mol. The molecule has 0 spiro atoms. The monoisotopic (exact) mass is 594 g/mol. The van der Waals surface area contributed by atoms with Crippen LogP contribution in [0.25, 0.3) is 22.5 Å². The second-order valence-corrected chi connectivity index (χ2v) is 11.1. The van der Waals surface area contributed by atoms with Gasteiger partial charge >= 0.3 is 0 Å². The van der Waals surface area contributed by atoms with Crippen LogP contribution >= 0.6 is 11.6 Å². The summed E-state index contributed by atoms with van der Waals surface area (Å²) in [6, 6.07) is 14.0. The number of amides is 2. The molecule has 4 aromatic rings. The van der Waals surface area contributed by atoms with E-state index < -0.39 is 36.1 Å². The molecule has 1 saturated carbocycles. The summed E-state index contributed by atoms with van der Waals surface area (Å²) < 4.78 is 30.7. The molecule has 2 aromatic heterocycles. The summed E-state index contributed by atoms with van der Waals surface area (Å²) in [7, 11) is 1.81. The van der Waals surface area contributed by atoms with Crippen molar-refractivity contribution >= 4 is 29.1 Å². The molecule has 5 rings (SSSR count). The number of halogens is 3. The maximum absolute atomic E-state index is 13.7. The molecule has 0 aliphatic heterocycles. The number of rotatable bonds is 9. The number of alkyl halides is 2. The van der Waals surface area contributed by atoms with Crippen LogP contribution in [0, 0.1) is 5.92 Å². The van der Waals surface area contributed by atoms with Crippen LogP contribution in [0.2, 0.25) is 5.02 Å². The van der Waals surface area contributed by atoms with E-state index in [1.165, 1.54) is 6.07 Å². The topological polar surface area (TPSA) is 111 Å². The lowest BCUT2D eigenvalue weighted by Gasteiger charge is -2.20.